The summed E-state index contributed by atoms with van der Waals surface area (Å²) in [4.78, 5) is 19.8. The Morgan fingerprint density at radius 2 is 2.00 bits per heavy atom. The molecule has 0 fully saturated rings. The fraction of sp³-hybridized carbons (Fsp3) is 0.125. The monoisotopic (exact) mass is 385 g/mol. The normalized spacial score (nSPS) is 12.3. The zero-order valence-corrected chi connectivity index (χ0v) is 15.0. The molecule has 0 aliphatic heterocycles. The van der Waals surface area contributed by atoms with Crippen LogP contribution in [0.4, 0.5) is 5.69 Å². The fourth-order valence-corrected chi connectivity index (χ4v) is 4.05. The van der Waals surface area contributed by atoms with Crippen LogP contribution in [0.25, 0.3) is 21.7 Å². The lowest BCUT2D eigenvalue weighted by atomic mass is 10.2. The molecule has 4 aromatic rings. The van der Waals surface area contributed by atoms with E-state index >= 15 is 0 Å². The van der Waals surface area contributed by atoms with Crippen molar-refractivity contribution in [1.29, 1.82) is 0 Å². The van der Waals surface area contributed by atoms with Crippen LogP contribution in [0.3, 0.4) is 0 Å². The van der Waals surface area contributed by atoms with Gasteiger partial charge in [0.1, 0.15) is 16.2 Å². The van der Waals surface area contributed by atoms with Crippen molar-refractivity contribution in [1.82, 2.24) is 20.2 Å². The first kappa shape index (κ1) is 16.6. The van der Waals surface area contributed by atoms with E-state index in [1.807, 2.05) is 18.4 Å². The minimum absolute atomic E-state index is 0.0148. The van der Waals surface area contributed by atoms with Crippen LogP contribution >= 0.6 is 23.1 Å². The van der Waals surface area contributed by atoms with Gasteiger partial charge in [0, 0.05) is 23.1 Å². The van der Waals surface area contributed by atoms with Crippen LogP contribution in [0, 0.1) is 10.1 Å². The summed E-state index contributed by atoms with van der Waals surface area (Å²) in [7, 11) is 0. The lowest BCUT2D eigenvalue weighted by molar-refractivity contribution is -0.384. The first-order valence-corrected chi connectivity index (χ1v) is 9.31. The molecule has 130 valence electrons. The number of non-ortho nitro benzene ring substituents is 1. The predicted octanol–water partition coefficient (Wildman–Crippen LogP) is 4.50. The van der Waals surface area contributed by atoms with Gasteiger partial charge in [-0.1, -0.05) is 11.8 Å². The highest BCUT2D eigenvalue weighted by Crippen LogP contribution is 2.37. The molecule has 0 spiro atoms. The van der Waals surface area contributed by atoms with Gasteiger partial charge in [0.15, 0.2) is 0 Å². The standard InChI is InChI=1S/C16H11N5O3S2/c1-9(26-16-12-6-7-25-15(12)17-8-18-16)13-19-20-14(24-13)10-2-4-11(5-3-10)21(22)23/h2-9H,1H3. The minimum atomic E-state index is -0.450. The molecule has 3 heterocycles. The summed E-state index contributed by atoms with van der Waals surface area (Å²) in [6.45, 7) is 1.96. The van der Waals surface area contributed by atoms with Crippen molar-refractivity contribution in [2.45, 2.75) is 17.2 Å². The van der Waals surface area contributed by atoms with E-state index in [1.165, 1.54) is 23.9 Å². The average molecular weight is 385 g/mol. The number of benzene rings is 1. The van der Waals surface area contributed by atoms with Gasteiger partial charge in [-0.2, -0.15) is 0 Å². The number of nitro benzene ring substituents is 1. The molecule has 8 nitrogen and oxygen atoms in total. The quantitative estimate of drug-likeness (QED) is 0.214. The second kappa shape index (κ2) is 6.81. The van der Waals surface area contributed by atoms with E-state index in [2.05, 4.69) is 20.2 Å². The molecule has 1 unspecified atom stereocenters. The number of fused-ring (bicyclic) bond motifs is 1. The van der Waals surface area contributed by atoms with Crippen LogP contribution in [-0.4, -0.2) is 25.1 Å². The van der Waals surface area contributed by atoms with Crippen LogP contribution in [0.15, 0.2) is 51.5 Å². The highest BCUT2D eigenvalue weighted by Gasteiger charge is 2.19. The van der Waals surface area contributed by atoms with Gasteiger partial charge >= 0.3 is 0 Å². The largest absolute Gasteiger partial charge is 0.419 e. The third kappa shape index (κ3) is 3.16. The van der Waals surface area contributed by atoms with Crippen molar-refractivity contribution in [2.24, 2.45) is 0 Å². The van der Waals surface area contributed by atoms with Crippen molar-refractivity contribution in [2.75, 3.05) is 0 Å². The van der Waals surface area contributed by atoms with Crippen molar-refractivity contribution in [3.63, 3.8) is 0 Å². The molecular weight excluding hydrogens is 374 g/mol. The Morgan fingerprint density at radius 3 is 2.77 bits per heavy atom. The van der Waals surface area contributed by atoms with Crippen LogP contribution in [0.2, 0.25) is 0 Å². The van der Waals surface area contributed by atoms with Gasteiger partial charge in [0.05, 0.1) is 10.2 Å². The summed E-state index contributed by atoms with van der Waals surface area (Å²) in [6.07, 6.45) is 1.55. The van der Waals surface area contributed by atoms with Crippen molar-refractivity contribution in [3.8, 4) is 11.5 Å². The Balaban J connectivity index is 1.55. The molecule has 26 heavy (non-hydrogen) atoms. The number of nitro groups is 1. The van der Waals surface area contributed by atoms with E-state index in [4.69, 9.17) is 4.42 Å². The number of aromatic nitrogens is 4. The third-order valence-electron chi connectivity index (χ3n) is 3.63. The molecule has 10 heteroatoms. The summed E-state index contributed by atoms with van der Waals surface area (Å²) >= 11 is 3.08. The van der Waals surface area contributed by atoms with E-state index in [1.54, 1.807) is 29.8 Å². The molecule has 0 aliphatic rings. The molecule has 4 rings (SSSR count). The average Bonchev–Trinajstić information content (AvgIpc) is 3.32. The number of hydrogen-bond donors (Lipinski definition) is 0. The molecule has 1 aromatic carbocycles. The molecule has 0 amide bonds. The van der Waals surface area contributed by atoms with Gasteiger partial charge in [-0.15, -0.1) is 21.5 Å². The maximum Gasteiger partial charge on any atom is 0.269 e. The topological polar surface area (TPSA) is 108 Å². The van der Waals surface area contributed by atoms with E-state index in [-0.39, 0.29) is 10.9 Å². The predicted molar refractivity (Wildman–Crippen MR) is 98.1 cm³/mol. The smallest absolute Gasteiger partial charge is 0.269 e. The first-order valence-electron chi connectivity index (χ1n) is 7.55. The molecule has 0 N–H and O–H groups in total. The van der Waals surface area contributed by atoms with Crippen molar-refractivity contribution < 1.29 is 9.34 Å². The number of nitrogens with zero attached hydrogens (tertiary/aromatic N) is 5. The maximum absolute atomic E-state index is 10.7. The number of rotatable bonds is 5. The van der Waals surface area contributed by atoms with Gasteiger partial charge in [-0.05, 0) is 30.5 Å². The van der Waals surface area contributed by atoms with Gasteiger partial charge in [-0.3, -0.25) is 10.1 Å². The van der Waals surface area contributed by atoms with Gasteiger partial charge in [0.25, 0.3) is 5.69 Å². The van der Waals surface area contributed by atoms with E-state index in [0.717, 1.165) is 15.2 Å². The molecule has 3 aromatic heterocycles. The highest BCUT2D eigenvalue weighted by atomic mass is 32.2. The summed E-state index contributed by atoms with van der Waals surface area (Å²) < 4.78 is 5.74. The summed E-state index contributed by atoms with van der Waals surface area (Å²) in [6, 6.07) is 7.99. The lowest BCUT2D eigenvalue weighted by Gasteiger charge is -2.06. The lowest BCUT2D eigenvalue weighted by Crippen LogP contribution is -1.91. The Bertz CT molecular complexity index is 1080. The molecule has 0 saturated carbocycles. The summed E-state index contributed by atoms with van der Waals surface area (Å²) in [5, 5.41) is 22.6. The van der Waals surface area contributed by atoms with Crippen molar-refractivity contribution >= 4 is 39.0 Å². The second-order valence-corrected chi connectivity index (χ2v) is 7.55. The third-order valence-corrected chi connectivity index (χ3v) is 5.55. The van der Waals surface area contributed by atoms with E-state index in [0.29, 0.717) is 17.3 Å². The highest BCUT2D eigenvalue weighted by molar-refractivity contribution is 7.99. The maximum atomic E-state index is 10.7. The Morgan fingerprint density at radius 1 is 1.19 bits per heavy atom. The van der Waals surface area contributed by atoms with Crippen LogP contribution in [0.1, 0.15) is 18.1 Å². The SMILES string of the molecule is CC(Sc1ncnc2sccc12)c1nnc(-c2ccc([N+](=O)[O-])cc2)o1. The first-order chi connectivity index (χ1) is 12.6. The minimum Gasteiger partial charge on any atom is -0.419 e. The summed E-state index contributed by atoms with van der Waals surface area (Å²) in [5.41, 5.74) is 0.648. The van der Waals surface area contributed by atoms with E-state index < -0.39 is 4.92 Å². The van der Waals surface area contributed by atoms with Gasteiger partial charge < -0.3 is 4.42 Å². The van der Waals surface area contributed by atoms with Crippen LogP contribution in [0.5, 0.6) is 0 Å². The molecule has 0 aliphatic carbocycles. The van der Waals surface area contributed by atoms with Crippen LogP contribution in [-0.2, 0) is 0 Å². The number of thioether (sulfide) groups is 1. The fourth-order valence-electron chi connectivity index (χ4n) is 2.32. The summed E-state index contributed by atoms with van der Waals surface area (Å²) in [5.74, 6) is 0.788. The Kier molecular flexibility index (Phi) is 4.35. The molecule has 0 radical (unpaired) electrons. The number of thiophene rings is 1. The molecule has 0 saturated heterocycles. The zero-order chi connectivity index (χ0) is 18.1. The van der Waals surface area contributed by atoms with Crippen molar-refractivity contribution in [3.05, 3.63) is 58.0 Å². The number of hydrogen-bond acceptors (Lipinski definition) is 9. The molecule has 1 atom stereocenters. The molecular formula is C16H11N5O3S2. The van der Waals surface area contributed by atoms with Crippen LogP contribution < -0.4 is 0 Å². The van der Waals surface area contributed by atoms with E-state index in [9.17, 15) is 10.1 Å². The Hall–Kier alpha value is -2.85. The zero-order valence-electron chi connectivity index (χ0n) is 13.4. The second-order valence-electron chi connectivity index (χ2n) is 5.33. The Labute approximate surface area is 155 Å². The van der Waals surface area contributed by atoms with Gasteiger partial charge in [0.2, 0.25) is 11.8 Å². The van der Waals surface area contributed by atoms with Gasteiger partial charge in [-0.25, -0.2) is 9.97 Å². The molecule has 0 bridgehead atoms.